The quantitative estimate of drug-likeness (QED) is 0.822. The summed E-state index contributed by atoms with van der Waals surface area (Å²) >= 11 is 0. The molecule has 7 heteroatoms. The Hall–Kier alpha value is -2.18. The number of urea groups is 1. The summed E-state index contributed by atoms with van der Waals surface area (Å²) in [5, 5.41) is 2.79. The van der Waals surface area contributed by atoms with E-state index in [1.54, 1.807) is 4.90 Å². The van der Waals surface area contributed by atoms with Gasteiger partial charge in [-0.2, -0.15) is 4.39 Å². The third kappa shape index (κ3) is 2.81. The molecule has 2 aliphatic heterocycles. The first kappa shape index (κ1) is 13.8. The van der Waals surface area contributed by atoms with Crippen molar-refractivity contribution in [3.8, 4) is 0 Å². The fourth-order valence-corrected chi connectivity index (χ4v) is 2.90. The number of aromatic nitrogens is 1. The number of likely N-dealkylation sites (tertiary alicyclic amines) is 1. The number of rotatable bonds is 2. The Morgan fingerprint density at radius 1 is 1.29 bits per heavy atom. The van der Waals surface area contributed by atoms with Gasteiger partial charge in [-0.3, -0.25) is 4.79 Å². The average molecular weight is 292 g/mol. The molecule has 6 nitrogen and oxygen atoms in total. The highest BCUT2D eigenvalue weighted by Gasteiger charge is 2.32. The van der Waals surface area contributed by atoms with Crippen molar-refractivity contribution in [2.24, 2.45) is 0 Å². The van der Waals surface area contributed by atoms with E-state index in [0.29, 0.717) is 19.6 Å². The first-order valence-corrected chi connectivity index (χ1v) is 7.11. The Labute approximate surface area is 121 Å². The van der Waals surface area contributed by atoms with Gasteiger partial charge >= 0.3 is 6.03 Å². The van der Waals surface area contributed by atoms with Crippen LogP contribution in [0, 0.1) is 5.95 Å². The summed E-state index contributed by atoms with van der Waals surface area (Å²) in [6.07, 6.45) is 1.49. The molecule has 0 aliphatic carbocycles. The predicted octanol–water partition coefficient (Wildman–Crippen LogP) is 0.850. The largest absolute Gasteiger partial charge is 0.337 e. The van der Waals surface area contributed by atoms with Gasteiger partial charge in [-0.25, -0.2) is 9.78 Å². The standard InChI is InChI=1S/C14H17FN4O2/c15-12-3-1-2-11(17-12)13(20)18-7-4-10(5-8-18)19-9-6-16-14(19)21/h1-3,10H,4-9H2,(H,16,21). The molecule has 2 fully saturated rings. The summed E-state index contributed by atoms with van der Waals surface area (Å²) in [5.41, 5.74) is 0.132. The van der Waals surface area contributed by atoms with Crippen molar-refractivity contribution in [3.05, 3.63) is 29.8 Å². The van der Waals surface area contributed by atoms with Crippen LogP contribution in [0.5, 0.6) is 0 Å². The van der Waals surface area contributed by atoms with Crippen molar-refractivity contribution >= 4 is 11.9 Å². The maximum Gasteiger partial charge on any atom is 0.317 e. The zero-order valence-corrected chi connectivity index (χ0v) is 11.6. The average Bonchev–Trinajstić information content (AvgIpc) is 2.93. The number of piperidine rings is 1. The van der Waals surface area contributed by atoms with Gasteiger partial charge in [0.25, 0.3) is 5.91 Å². The van der Waals surface area contributed by atoms with Gasteiger partial charge in [0, 0.05) is 32.2 Å². The van der Waals surface area contributed by atoms with Crippen LogP contribution in [0.3, 0.4) is 0 Å². The number of amides is 3. The van der Waals surface area contributed by atoms with Crippen LogP contribution >= 0.6 is 0 Å². The maximum atomic E-state index is 13.1. The van der Waals surface area contributed by atoms with Crippen LogP contribution in [0.2, 0.25) is 0 Å². The van der Waals surface area contributed by atoms with E-state index in [0.717, 1.165) is 19.4 Å². The van der Waals surface area contributed by atoms with Crippen LogP contribution in [-0.2, 0) is 0 Å². The Bertz CT molecular complexity index is 558. The van der Waals surface area contributed by atoms with E-state index >= 15 is 0 Å². The molecule has 1 aromatic rings. The molecule has 0 unspecified atom stereocenters. The summed E-state index contributed by atoms with van der Waals surface area (Å²) in [4.78, 5) is 31.0. The summed E-state index contributed by atoms with van der Waals surface area (Å²) < 4.78 is 13.1. The highest BCUT2D eigenvalue weighted by Crippen LogP contribution is 2.19. The fourth-order valence-electron chi connectivity index (χ4n) is 2.90. The van der Waals surface area contributed by atoms with Crippen molar-refractivity contribution in [3.63, 3.8) is 0 Å². The van der Waals surface area contributed by atoms with E-state index < -0.39 is 5.95 Å². The number of carbonyl (C=O) groups excluding carboxylic acids is 2. The molecule has 21 heavy (non-hydrogen) atoms. The third-order valence-corrected chi connectivity index (χ3v) is 4.02. The van der Waals surface area contributed by atoms with Gasteiger partial charge in [-0.15, -0.1) is 0 Å². The highest BCUT2D eigenvalue weighted by molar-refractivity contribution is 5.92. The van der Waals surface area contributed by atoms with Crippen molar-refractivity contribution in [2.75, 3.05) is 26.2 Å². The minimum absolute atomic E-state index is 0.0217. The van der Waals surface area contributed by atoms with Gasteiger partial charge in [0.05, 0.1) is 0 Å². The molecule has 0 atom stereocenters. The van der Waals surface area contributed by atoms with Crippen LogP contribution in [0.4, 0.5) is 9.18 Å². The molecule has 2 aliphatic rings. The molecule has 3 amide bonds. The second-order valence-corrected chi connectivity index (χ2v) is 5.29. The lowest BCUT2D eigenvalue weighted by atomic mass is 10.0. The van der Waals surface area contributed by atoms with Crippen molar-refractivity contribution in [1.82, 2.24) is 20.1 Å². The number of carbonyl (C=O) groups is 2. The second-order valence-electron chi connectivity index (χ2n) is 5.29. The van der Waals surface area contributed by atoms with Crippen molar-refractivity contribution in [1.29, 1.82) is 0 Å². The zero-order chi connectivity index (χ0) is 14.8. The van der Waals surface area contributed by atoms with Crippen LogP contribution in [0.15, 0.2) is 18.2 Å². The monoisotopic (exact) mass is 292 g/mol. The summed E-state index contributed by atoms with van der Waals surface area (Å²) in [5.74, 6) is -0.900. The van der Waals surface area contributed by atoms with Gasteiger partial charge in [-0.1, -0.05) is 6.07 Å². The molecule has 2 saturated heterocycles. The molecule has 3 heterocycles. The predicted molar refractivity (Wildman–Crippen MR) is 73.2 cm³/mol. The first-order chi connectivity index (χ1) is 10.1. The molecule has 0 radical (unpaired) electrons. The Balaban J connectivity index is 1.60. The summed E-state index contributed by atoms with van der Waals surface area (Å²) in [7, 11) is 0. The van der Waals surface area contributed by atoms with Crippen molar-refractivity contribution in [2.45, 2.75) is 18.9 Å². The number of pyridine rings is 1. The molecular formula is C14H17FN4O2. The fraction of sp³-hybridized carbons (Fsp3) is 0.500. The molecule has 112 valence electrons. The number of nitrogens with zero attached hydrogens (tertiary/aromatic N) is 3. The molecule has 0 aromatic carbocycles. The normalized spacial score (nSPS) is 19.8. The maximum absolute atomic E-state index is 13.1. The summed E-state index contributed by atoms with van der Waals surface area (Å²) in [6.45, 7) is 2.53. The van der Waals surface area contributed by atoms with Crippen LogP contribution in [0.1, 0.15) is 23.3 Å². The highest BCUT2D eigenvalue weighted by atomic mass is 19.1. The van der Waals surface area contributed by atoms with Crippen molar-refractivity contribution < 1.29 is 14.0 Å². The Kier molecular flexibility index (Phi) is 3.72. The van der Waals surface area contributed by atoms with Crippen LogP contribution in [0.25, 0.3) is 0 Å². The molecule has 0 spiro atoms. The summed E-state index contributed by atoms with van der Waals surface area (Å²) in [6, 6.07) is 4.38. The van der Waals surface area contributed by atoms with Gasteiger partial charge < -0.3 is 15.1 Å². The van der Waals surface area contributed by atoms with Crippen LogP contribution < -0.4 is 5.32 Å². The Morgan fingerprint density at radius 2 is 2.05 bits per heavy atom. The molecule has 1 N–H and O–H groups in total. The van der Waals surface area contributed by atoms with Gasteiger partial charge in [0.1, 0.15) is 5.69 Å². The lowest BCUT2D eigenvalue weighted by molar-refractivity contribution is 0.0659. The lowest BCUT2D eigenvalue weighted by Crippen LogP contribution is -2.47. The third-order valence-electron chi connectivity index (χ3n) is 4.02. The minimum atomic E-state index is -0.649. The molecule has 1 aromatic heterocycles. The van der Waals surface area contributed by atoms with Gasteiger partial charge in [-0.05, 0) is 25.0 Å². The lowest BCUT2D eigenvalue weighted by Gasteiger charge is -2.36. The van der Waals surface area contributed by atoms with E-state index in [1.165, 1.54) is 18.2 Å². The molecule has 3 rings (SSSR count). The van der Waals surface area contributed by atoms with Crippen LogP contribution in [-0.4, -0.2) is 58.9 Å². The minimum Gasteiger partial charge on any atom is -0.337 e. The molecular weight excluding hydrogens is 275 g/mol. The smallest absolute Gasteiger partial charge is 0.317 e. The SMILES string of the molecule is O=C(c1cccc(F)n1)N1CCC(N2CCNC2=O)CC1. The van der Waals surface area contributed by atoms with Gasteiger partial charge in [0.2, 0.25) is 5.95 Å². The Morgan fingerprint density at radius 3 is 2.67 bits per heavy atom. The van der Waals surface area contributed by atoms with E-state index in [2.05, 4.69) is 10.3 Å². The van der Waals surface area contributed by atoms with Gasteiger partial charge in [0.15, 0.2) is 0 Å². The number of hydrogen-bond donors (Lipinski definition) is 1. The molecule has 0 saturated carbocycles. The van der Waals surface area contributed by atoms with E-state index in [9.17, 15) is 14.0 Å². The number of nitrogens with one attached hydrogen (secondary N) is 1. The first-order valence-electron chi connectivity index (χ1n) is 7.11. The van der Waals surface area contributed by atoms with E-state index in [4.69, 9.17) is 0 Å². The number of hydrogen-bond acceptors (Lipinski definition) is 3. The van der Waals surface area contributed by atoms with E-state index in [-0.39, 0.29) is 23.7 Å². The molecule has 0 bridgehead atoms. The van der Waals surface area contributed by atoms with E-state index in [1.807, 2.05) is 4.90 Å². The number of halogens is 1. The topological polar surface area (TPSA) is 65.5 Å². The second kappa shape index (κ2) is 5.67. The zero-order valence-electron chi connectivity index (χ0n) is 11.6.